The lowest BCUT2D eigenvalue weighted by atomic mass is 10.4. The zero-order valence-electron chi connectivity index (χ0n) is 11.7. The summed E-state index contributed by atoms with van der Waals surface area (Å²) < 4.78 is 26.1. The van der Waals surface area contributed by atoms with Gasteiger partial charge in [0.2, 0.25) is 5.95 Å². The van der Waals surface area contributed by atoms with Crippen LogP contribution in [0.4, 0.5) is 10.7 Å². The van der Waals surface area contributed by atoms with Gasteiger partial charge < -0.3 is 0 Å². The molecule has 2 N–H and O–H groups in total. The molecule has 0 fully saturated rings. The van der Waals surface area contributed by atoms with Crippen molar-refractivity contribution in [3.8, 4) is 0 Å². The Labute approximate surface area is 126 Å². The van der Waals surface area contributed by atoms with Crippen LogP contribution in [0.3, 0.4) is 0 Å². The van der Waals surface area contributed by atoms with Crippen molar-refractivity contribution in [1.29, 1.82) is 0 Å². The average molecular weight is 326 g/mol. The molecule has 0 saturated carbocycles. The summed E-state index contributed by atoms with van der Waals surface area (Å²) in [6.07, 6.45) is 0. The van der Waals surface area contributed by atoms with Gasteiger partial charge in [-0.05, 0) is 43.8 Å². The zero-order valence-corrected chi connectivity index (χ0v) is 13.3. The number of sulfonamides is 1. The van der Waals surface area contributed by atoms with Crippen LogP contribution < -0.4 is 10.0 Å². The molecule has 0 aromatic carbocycles. The summed E-state index contributed by atoms with van der Waals surface area (Å²) in [5, 5.41) is 3.96. The van der Waals surface area contributed by atoms with Gasteiger partial charge in [0.05, 0.1) is 0 Å². The predicted octanol–water partition coefficient (Wildman–Crippen LogP) is 1.97. The third kappa shape index (κ3) is 3.76. The van der Waals surface area contributed by atoms with Crippen molar-refractivity contribution in [3.63, 3.8) is 0 Å². The molecule has 112 valence electrons. The summed E-state index contributed by atoms with van der Waals surface area (Å²) in [6, 6.07) is 2.52. The maximum Gasteiger partial charge on any atom is 0.335 e. The Morgan fingerprint density at radius 3 is 2.33 bits per heavy atom. The van der Waals surface area contributed by atoms with Crippen molar-refractivity contribution in [2.45, 2.75) is 25.0 Å². The molecule has 0 radical (unpaired) electrons. The Bertz CT molecular complexity index is 763. The van der Waals surface area contributed by atoms with Gasteiger partial charge in [0.25, 0.3) is 10.0 Å². The lowest BCUT2D eigenvalue weighted by Crippen LogP contribution is -2.34. The van der Waals surface area contributed by atoms with E-state index in [0.29, 0.717) is 17.0 Å². The number of amides is 2. The number of carbonyl (C=O) groups is 1. The highest BCUT2D eigenvalue weighted by molar-refractivity contribution is 7.92. The SMILES string of the molecule is Cc1cc(C)nc(NC(=O)NS(=O)(=O)c2sccc2C)n1. The molecule has 2 aromatic rings. The third-order valence-electron chi connectivity index (χ3n) is 2.49. The zero-order chi connectivity index (χ0) is 15.6. The van der Waals surface area contributed by atoms with E-state index in [9.17, 15) is 13.2 Å². The second-order valence-corrected chi connectivity index (χ2v) is 7.22. The molecular formula is C12H14N4O3S2. The van der Waals surface area contributed by atoms with Gasteiger partial charge in [-0.15, -0.1) is 11.3 Å². The first-order valence-electron chi connectivity index (χ1n) is 5.98. The molecule has 21 heavy (non-hydrogen) atoms. The molecule has 0 saturated heterocycles. The summed E-state index contributed by atoms with van der Waals surface area (Å²) in [7, 11) is -3.89. The maximum atomic E-state index is 12.0. The molecule has 2 aromatic heterocycles. The number of rotatable bonds is 3. The standard InChI is InChI=1S/C12H14N4O3S2/c1-7-4-5-20-10(7)21(18,19)16-12(17)15-11-13-8(2)6-9(3)14-11/h4-6H,1-3H3,(H2,13,14,15,16,17). The van der Waals surface area contributed by atoms with Crippen molar-refractivity contribution in [2.75, 3.05) is 5.32 Å². The predicted molar refractivity (Wildman–Crippen MR) is 79.9 cm³/mol. The molecular weight excluding hydrogens is 312 g/mol. The quantitative estimate of drug-likeness (QED) is 0.898. The number of carbonyl (C=O) groups excluding carboxylic acids is 1. The molecule has 0 bridgehead atoms. The molecule has 2 rings (SSSR count). The Morgan fingerprint density at radius 2 is 1.81 bits per heavy atom. The van der Waals surface area contributed by atoms with Gasteiger partial charge in [-0.2, -0.15) is 0 Å². The fourth-order valence-electron chi connectivity index (χ4n) is 1.71. The Hall–Kier alpha value is -2.00. The summed E-state index contributed by atoms with van der Waals surface area (Å²) in [5.41, 5.74) is 1.94. The highest BCUT2D eigenvalue weighted by atomic mass is 32.2. The molecule has 0 atom stereocenters. The first kappa shape index (κ1) is 15.4. The molecule has 0 aliphatic carbocycles. The van der Waals surface area contributed by atoms with Crippen molar-refractivity contribution in [3.05, 3.63) is 34.5 Å². The van der Waals surface area contributed by atoms with E-state index in [0.717, 1.165) is 11.3 Å². The van der Waals surface area contributed by atoms with Crippen LogP contribution in [0.1, 0.15) is 17.0 Å². The van der Waals surface area contributed by atoms with Gasteiger partial charge in [0.15, 0.2) is 0 Å². The number of aryl methyl sites for hydroxylation is 3. The van der Waals surface area contributed by atoms with Gasteiger partial charge in [-0.3, -0.25) is 5.32 Å². The molecule has 0 spiro atoms. The number of nitrogens with one attached hydrogen (secondary N) is 2. The molecule has 2 heterocycles. The maximum absolute atomic E-state index is 12.0. The number of urea groups is 1. The number of hydrogen-bond donors (Lipinski definition) is 2. The molecule has 2 amide bonds. The van der Waals surface area contributed by atoms with Gasteiger partial charge in [0.1, 0.15) is 4.21 Å². The van der Waals surface area contributed by atoms with E-state index in [1.807, 2.05) is 4.72 Å². The van der Waals surface area contributed by atoms with Gasteiger partial charge in [-0.25, -0.2) is 27.9 Å². The van der Waals surface area contributed by atoms with Gasteiger partial charge in [-0.1, -0.05) is 0 Å². The van der Waals surface area contributed by atoms with Gasteiger partial charge in [0, 0.05) is 11.4 Å². The molecule has 0 aliphatic rings. The molecule has 0 aliphatic heterocycles. The minimum atomic E-state index is -3.89. The van der Waals surface area contributed by atoms with Crippen LogP contribution in [0, 0.1) is 20.8 Å². The molecule has 7 nitrogen and oxygen atoms in total. The van der Waals surface area contributed by atoms with E-state index in [4.69, 9.17) is 0 Å². The van der Waals surface area contributed by atoms with Crippen LogP contribution >= 0.6 is 11.3 Å². The minimum Gasteiger partial charge on any atom is -0.275 e. The van der Waals surface area contributed by atoms with E-state index in [1.165, 1.54) is 0 Å². The van der Waals surface area contributed by atoms with Crippen LogP contribution in [0.2, 0.25) is 0 Å². The monoisotopic (exact) mass is 326 g/mol. The summed E-state index contributed by atoms with van der Waals surface area (Å²) in [6.45, 7) is 5.17. The highest BCUT2D eigenvalue weighted by Crippen LogP contribution is 2.21. The van der Waals surface area contributed by atoms with Crippen molar-refractivity contribution < 1.29 is 13.2 Å². The van der Waals surface area contributed by atoms with E-state index in [1.54, 1.807) is 38.3 Å². The molecule has 9 heteroatoms. The number of thiophene rings is 1. The summed E-state index contributed by atoms with van der Waals surface area (Å²) in [4.78, 5) is 19.8. The van der Waals surface area contributed by atoms with Crippen LogP contribution in [0.5, 0.6) is 0 Å². The number of anilines is 1. The Kier molecular flexibility index (Phi) is 4.24. The lowest BCUT2D eigenvalue weighted by Gasteiger charge is -2.08. The summed E-state index contributed by atoms with van der Waals surface area (Å²) in [5.74, 6) is 0.0584. The van der Waals surface area contributed by atoms with Gasteiger partial charge >= 0.3 is 6.03 Å². The normalized spacial score (nSPS) is 11.2. The average Bonchev–Trinajstić information content (AvgIpc) is 2.73. The first-order valence-corrected chi connectivity index (χ1v) is 8.34. The number of nitrogens with zero attached hydrogens (tertiary/aromatic N) is 2. The van der Waals surface area contributed by atoms with Crippen LogP contribution in [-0.4, -0.2) is 24.4 Å². The van der Waals surface area contributed by atoms with Crippen LogP contribution in [0.15, 0.2) is 21.7 Å². The third-order valence-corrected chi connectivity index (χ3v) is 5.51. The fraction of sp³-hybridized carbons (Fsp3) is 0.250. The number of hydrogen-bond acceptors (Lipinski definition) is 6. The van der Waals surface area contributed by atoms with Crippen molar-refractivity contribution in [2.24, 2.45) is 0 Å². The largest absolute Gasteiger partial charge is 0.335 e. The second-order valence-electron chi connectivity index (χ2n) is 4.43. The Balaban J connectivity index is 2.13. The smallest absolute Gasteiger partial charge is 0.275 e. The minimum absolute atomic E-state index is 0.0584. The first-order chi connectivity index (χ1) is 9.78. The van der Waals surface area contributed by atoms with E-state index in [2.05, 4.69) is 15.3 Å². The molecule has 0 unspecified atom stereocenters. The van der Waals surface area contributed by atoms with E-state index in [-0.39, 0.29) is 10.2 Å². The van der Waals surface area contributed by atoms with Crippen molar-refractivity contribution >= 4 is 33.3 Å². The van der Waals surface area contributed by atoms with Crippen molar-refractivity contribution in [1.82, 2.24) is 14.7 Å². The topological polar surface area (TPSA) is 101 Å². The fourth-order valence-corrected chi connectivity index (χ4v) is 4.04. The van der Waals surface area contributed by atoms with E-state index >= 15 is 0 Å². The lowest BCUT2D eigenvalue weighted by molar-refractivity contribution is 0.256. The highest BCUT2D eigenvalue weighted by Gasteiger charge is 2.21. The van der Waals surface area contributed by atoms with Crippen LogP contribution in [0.25, 0.3) is 0 Å². The second kappa shape index (κ2) is 5.78. The summed E-state index contributed by atoms with van der Waals surface area (Å²) >= 11 is 1.05. The van der Waals surface area contributed by atoms with Crippen LogP contribution in [-0.2, 0) is 10.0 Å². The number of aromatic nitrogens is 2. The van der Waals surface area contributed by atoms with E-state index < -0.39 is 16.1 Å². The Morgan fingerprint density at radius 1 is 1.19 bits per heavy atom.